The maximum Gasteiger partial charge on any atom is 0.248 e. The molecule has 3 aromatic heterocycles. The predicted octanol–water partition coefficient (Wildman–Crippen LogP) is 3.98. The number of pyridine rings is 1. The molecule has 13 heteroatoms. The molecule has 1 fully saturated rings. The molecule has 0 saturated carbocycles. The van der Waals surface area contributed by atoms with Crippen LogP contribution >= 0.6 is 15.9 Å². The van der Waals surface area contributed by atoms with Crippen LogP contribution in [-0.4, -0.2) is 91.0 Å². The molecule has 4 aromatic rings. The second-order valence-electron chi connectivity index (χ2n) is 11.2. The molecule has 1 N–H and O–H groups in total. The molecule has 0 unspecified atom stereocenters. The van der Waals surface area contributed by atoms with Gasteiger partial charge in [-0.1, -0.05) is 12.1 Å². The quantitative estimate of drug-likeness (QED) is 0.224. The summed E-state index contributed by atoms with van der Waals surface area (Å²) in [5.74, 6) is -0.319. The predicted molar refractivity (Wildman–Crippen MR) is 163 cm³/mol. The number of rotatable bonds is 8. The highest BCUT2D eigenvalue weighted by atomic mass is 79.9. The van der Waals surface area contributed by atoms with E-state index in [0.29, 0.717) is 27.1 Å². The van der Waals surface area contributed by atoms with E-state index >= 15 is 4.39 Å². The van der Waals surface area contributed by atoms with E-state index in [-0.39, 0.29) is 37.5 Å². The smallest absolute Gasteiger partial charge is 0.248 e. The Labute approximate surface area is 256 Å². The van der Waals surface area contributed by atoms with Crippen molar-refractivity contribution in [2.45, 2.75) is 45.4 Å². The molecule has 0 spiro atoms. The summed E-state index contributed by atoms with van der Waals surface area (Å²) in [5, 5.41) is 7.81. The van der Waals surface area contributed by atoms with Crippen molar-refractivity contribution in [3.63, 3.8) is 0 Å². The number of fused-ring (bicyclic) bond motifs is 1. The van der Waals surface area contributed by atoms with Gasteiger partial charge >= 0.3 is 0 Å². The topological polar surface area (TPSA) is 126 Å². The lowest BCUT2D eigenvalue weighted by molar-refractivity contribution is -0.137. The number of ketones is 1. The normalized spacial score (nSPS) is 18.4. The van der Waals surface area contributed by atoms with Crippen LogP contribution < -0.4 is 5.32 Å². The standard InChI is InChI=1S/C30H32BrFN8O3/c1-17-6-9-25(31)35-28(17)36-29(43)24-11-30(32,15-38(4)5)16-39(24)26(42)14-40-23-8-7-20(21-12-33-19(3)34-13-21)10-22(23)27(37-40)18(2)41/h6-10,12-13,24H,11,14-16H2,1-5H3,(H,35,36,43)/t24-,30+/m0/s1. The summed E-state index contributed by atoms with van der Waals surface area (Å²) >= 11 is 3.31. The van der Waals surface area contributed by atoms with Gasteiger partial charge in [-0.15, -0.1) is 0 Å². The average Bonchev–Trinajstić information content (AvgIpc) is 3.48. The largest absolute Gasteiger partial charge is 0.326 e. The number of amides is 2. The summed E-state index contributed by atoms with van der Waals surface area (Å²) in [6.07, 6.45) is 3.23. The number of nitrogens with one attached hydrogen (secondary N) is 1. The molecule has 1 aliphatic heterocycles. The van der Waals surface area contributed by atoms with Crippen LogP contribution in [-0.2, 0) is 16.1 Å². The zero-order chi connectivity index (χ0) is 31.1. The summed E-state index contributed by atoms with van der Waals surface area (Å²) in [5.41, 5.74) is 1.25. The fourth-order valence-electron chi connectivity index (χ4n) is 5.45. The number of hydrogen-bond acceptors (Lipinski definition) is 8. The summed E-state index contributed by atoms with van der Waals surface area (Å²) in [6.45, 7) is 4.50. The number of nitrogens with zero attached hydrogens (tertiary/aromatic N) is 7. The van der Waals surface area contributed by atoms with Gasteiger partial charge in [-0.05, 0) is 73.2 Å². The molecule has 4 heterocycles. The molecule has 1 saturated heterocycles. The highest BCUT2D eigenvalue weighted by Crippen LogP contribution is 2.33. The summed E-state index contributed by atoms with van der Waals surface area (Å²) < 4.78 is 18.0. The molecule has 43 heavy (non-hydrogen) atoms. The van der Waals surface area contributed by atoms with Gasteiger partial charge in [0.15, 0.2) is 5.78 Å². The minimum Gasteiger partial charge on any atom is -0.326 e. The molecular formula is C30H32BrFN8O3. The van der Waals surface area contributed by atoms with Crippen molar-refractivity contribution in [3.8, 4) is 11.1 Å². The Morgan fingerprint density at radius 1 is 1.12 bits per heavy atom. The van der Waals surface area contributed by atoms with Gasteiger partial charge in [0.05, 0.1) is 12.1 Å². The summed E-state index contributed by atoms with van der Waals surface area (Å²) in [7, 11) is 3.48. The second-order valence-corrected chi connectivity index (χ2v) is 12.0. The highest BCUT2D eigenvalue weighted by Gasteiger charge is 2.49. The number of carbonyl (C=O) groups is 3. The highest BCUT2D eigenvalue weighted by molar-refractivity contribution is 9.10. The maximum absolute atomic E-state index is 16.1. The zero-order valence-electron chi connectivity index (χ0n) is 24.6. The van der Waals surface area contributed by atoms with E-state index in [9.17, 15) is 14.4 Å². The lowest BCUT2D eigenvalue weighted by atomic mass is 10.0. The number of likely N-dealkylation sites (tertiary alicyclic amines) is 1. The first-order valence-electron chi connectivity index (χ1n) is 13.7. The number of carbonyl (C=O) groups excluding carboxylic acids is 3. The van der Waals surface area contributed by atoms with Crippen LogP contribution in [0.2, 0.25) is 0 Å². The number of alkyl halides is 1. The Bertz CT molecular complexity index is 1720. The van der Waals surface area contributed by atoms with Gasteiger partial charge in [-0.25, -0.2) is 19.3 Å². The lowest BCUT2D eigenvalue weighted by Gasteiger charge is -2.25. The Kier molecular flexibility index (Phi) is 8.39. The Hall–Kier alpha value is -4.10. The first-order chi connectivity index (χ1) is 20.3. The van der Waals surface area contributed by atoms with E-state index in [1.54, 1.807) is 63.4 Å². The van der Waals surface area contributed by atoms with Crippen molar-refractivity contribution in [2.24, 2.45) is 0 Å². The van der Waals surface area contributed by atoms with Gasteiger partial charge in [0.25, 0.3) is 0 Å². The number of aromatic nitrogens is 5. The van der Waals surface area contributed by atoms with Gasteiger partial charge in [-0.3, -0.25) is 19.1 Å². The number of anilines is 1. The number of benzene rings is 1. The van der Waals surface area contributed by atoms with Gasteiger partial charge in [0, 0.05) is 43.2 Å². The first-order valence-corrected chi connectivity index (χ1v) is 14.5. The lowest BCUT2D eigenvalue weighted by Crippen LogP contribution is -2.45. The molecule has 0 bridgehead atoms. The van der Waals surface area contributed by atoms with Gasteiger partial charge < -0.3 is 15.1 Å². The van der Waals surface area contributed by atoms with Crippen molar-refractivity contribution >= 4 is 50.2 Å². The van der Waals surface area contributed by atoms with Crippen LogP contribution in [0, 0.1) is 13.8 Å². The molecule has 0 radical (unpaired) electrons. The van der Waals surface area contributed by atoms with Crippen LogP contribution in [0.3, 0.4) is 0 Å². The van der Waals surface area contributed by atoms with Crippen LogP contribution in [0.15, 0.2) is 47.3 Å². The molecule has 2 atom stereocenters. The Balaban J connectivity index is 1.46. The number of Topliss-reactive ketones (excluding diaryl/α,β-unsaturated/α-hetero) is 1. The summed E-state index contributed by atoms with van der Waals surface area (Å²) in [4.78, 5) is 55.6. The van der Waals surface area contributed by atoms with E-state index in [1.165, 1.54) is 16.5 Å². The third kappa shape index (κ3) is 6.47. The molecule has 0 aliphatic carbocycles. The fourth-order valence-corrected chi connectivity index (χ4v) is 5.76. The third-order valence-corrected chi connectivity index (χ3v) is 7.84. The third-order valence-electron chi connectivity index (χ3n) is 7.40. The fraction of sp³-hybridized carbons (Fsp3) is 0.367. The minimum atomic E-state index is -1.80. The maximum atomic E-state index is 16.1. The van der Waals surface area contributed by atoms with Crippen molar-refractivity contribution in [3.05, 3.63) is 64.4 Å². The van der Waals surface area contributed by atoms with Crippen molar-refractivity contribution in [1.29, 1.82) is 0 Å². The van der Waals surface area contributed by atoms with Gasteiger partial charge in [-0.2, -0.15) is 5.10 Å². The van der Waals surface area contributed by atoms with E-state index in [2.05, 4.69) is 41.3 Å². The molecule has 1 aliphatic rings. The number of aryl methyl sites for hydroxylation is 2. The van der Waals surface area contributed by atoms with E-state index in [4.69, 9.17) is 0 Å². The zero-order valence-corrected chi connectivity index (χ0v) is 26.1. The summed E-state index contributed by atoms with van der Waals surface area (Å²) in [6, 6.07) is 7.91. The number of hydrogen-bond donors (Lipinski definition) is 1. The molecule has 11 nitrogen and oxygen atoms in total. The van der Waals surface area contributed by atoms with E-state index in [0.717, 1.165) is 16.7 Å². The molecule has 2 amide bonds. The van der Waals surface area contributed by atoms with E-state index in [1.807, 2.05) is 12.1 Å². The molecule has 224 valence electrons. The van der Waals surface area contributed by atoms with Crippen molar-refractivity contribution in [1.82, 2.24) is 34.5 Å². The van der Waals surface area contributed by atoms with Crippen LogP contribution in [0.4, 0.5) is 10.2 Å². The Morgan fingerprint density at radius 2 is 1.84 bits per heavy atom. The van der Waals surface area contributed by atoms with Gasteiger partial charge in [0.1, 0.15) is 40.2 Å². The first kappa shape index (κ1) is 30.4. The molecule has 1 aromatic carbocycles. The SMILES string of the molecule is CC(=O)c1nn(CC(=O)N2C[C@](F)(CN(C)C)C[C@H]2C(=O)Nc2nc(Br)ccc2C)c2ccc(-c3cnc(C)nc3)cc12. The van der Waals surface area contributed by atoms with E-state index < -0.39 is 23.5 Å². The van der Waals surface area contributed by atoms with Crippen LogP contribution in [0.5, 0.6) is 0 Å². The Morgan fingerprint density at radius 3 is 2.51 bits per heavy atom. The average molecular weight is 652 g/mol. The monoisotopic (exact) mass is 650 g/mol. The van der Waals surface area contributed by atoms with Gasteiger partial charge in [0.2, 0.25) is 11.8 Å². The minimum absolute atomic E-state index is 0.0411. The molecule has 5 rings (SSSR count). The van der Waals surface area contributed by atoms with Crippen molar-refractivity contribution < 1.29 is 18.8 Å². The van der Waals surface area contributed by atoms with Crippen LogP contribution in [0.25, 0.3) is 22.0 Å². The van der Waals surface area contributed by atoms with Crippen LogP contribution in [0.1, 0.15) is 35.2 Å². The molecular weight excluding hydrogens is 619 g/mol. The number of halogens is 2. The second kappa shape index (κ2) is 11.9. The van der Waals surface area contributed by atoms with Crippen molar-refractivity contribution in [2.75, 3.05) is 32.5 Å².